The van der Waals surface area contributed by atoms with Gasteiger partial charge in [-0.3, -0.25) is 4.79 Å². The van der Waals surface area contributed by atoms with Gasteiger partial charge in [-0.25, -0.2) is 0 Å². The molecule has 0 unspecified atom stereocenters. The summed E-state index contributed by atoms with van der Waals surface area (Å²) in [4.78, 5) is 11.3. The molecular weight excluding hydrogens is 228 g/mol. The molecule has 2 N–H and O–H groups in total. The Labute approximate surface area is 109 Å². The van der Waals surface area contributed by atoms with Crippen LogP contribution in [-0.4, -0.2) is 26.1 Å². The van der Waals surface area contributed by atoms with Crippen molar-refractivity contribution in [3.05, 3.63) is 29.8 Å². The van der Waals surface area contributed by atoms with Crippen LogP contribution in [0, 0.1) is 0 Å². The SMILES string of the molecule is CCNC(=O)CCN[C@H](C)c1cccc(OC)c1. The summed E-state index contributed by atoms with van der Waals surface area (Å²) in [5, 5.41) is 6.10. The van der Waals surface area contributed by atoms with E-state index >= 15 is 0 Å². The topological polar surface area (TPSA) is 50.4 Å². The standard InChI is InChI=1S/C14H22N2O2/c1-4-15-14(17)8-9-16-11(2)12-6-5-7-13(10-12)18-3/h5-7,10-11,16H,4,8-9H2,1-3H3,(H,15,17)/t11-/m1/s1. The van der Waals surface area contributed by atoms with Gasteiger partial charge in [-0.1, -0.05) is 12.1 Å². The van der Waals surface area contributed by atoms with Crippen LogP contribution < -0.4 is 15.4 Å². The van der Waals surface area contributed by atoms with Gasteiger partial charge in [0.2, 0.25) is 5.91 Å². The number of rotatable bonds is 7. The zero-order valence-electron chi connectivity index (χ0n) is 11.3. The molecule has 0 fully saturated rings. The van der Waals surface area contributed by atoms with Crippen molar-refractivity contribution in [1.82, 2.24) is 10.6 Å². The number of benzene rings is 1. The van der Waals surface area contributed by atoms with E-state index in [9.17, 15) is 4.79 Å². The van der Waals surface area contributed by atoms with Gasteiger partial charge < -0.3 is 15.4 Å². The molecule has 0 aliphatic heterocycles. The second-order valence-electron chi connectivity index (χ2n) is 4.16. The molecule has 1 aromatic rings. The summed E-state index contributed by atoms with van der Waals surface area (Å²) in [7, 11) is 1.66. The van der Waals surface area contributed by atoms with Crippen molar-refractivity contribution in [2.24, 2.45) is 0 Å². The van der Waals surface area contributed by atoms with Crippen molar-refractivity contribution in [1.29, 1.82) is 0 Å². The Morgan fingerprint density at radius 1 is 1.44 bits per heavy atom. The van der Waals surface area contributed by atoms with Gasteiger partial charge in [0.05, 0.1) is 7.11 Å². The van der Waals surface area contributed by atoms with E-state index in [0.717, 1.165) is 11.3 Å². The molecule has 0 aromatic heterocycles. The van der Waals surface area contributed by atoms with Crippen molar-refractivity contribution in [2.75, 3.05) is 20.2 Å². The summed E-state index contributed by atoms with van der Waals surface area (Å²) in [6.07, 6.45) is 0.502. The fourth-order valence-electron chi connectivity index (χ4n) is 1.72. The van der Waals surface area contributed by atoms with Crippen molar-refractivity contribution in [3.63, 3.8) is 0 Å². The van der Waals surface area contributed by atoms with E-state index in [-0.39, 0.29) is 11.9 Å². The van der Waals surface area contributed by atoms with E-state index in [4.69, 9.17) is 4.74 Å². The lowest BCUT2D eigenvalue weighted by Crippen LogP contribution is -2.28. The summed E-state index contributed by atoms with van der Waals surface area (Å²) in [5.41, 5.74) is 1.16. The van der Waals surface area contributed by atoms with Crippen LogP contribution in [0.25, 0.3) is 0 Å². The molecule has 1 rings (SSSR count). The molecular formula is C14H22N2O2. The normalized spacial score (nSPS) is 11.9. The third-order valence-corrected chi connectivity index (χ3v) is 2.77. The molecule has 4 nitrogen and oxygen atoms in total. The summed E-state index contributed by atoms with van der Waals surface area (Å²) in [5.74, 6) is 0.938. The molecule has 1 aromatic carbocycles. The maximum absolute atomic E-state index is 11.3. The molecule has 0 bridgehead atoms. The fourth-order valence-corrected chi connectivity index (χ4v) is 1.72. The molecule has 0 aliphatic rings. The number of amides is 1. The zero-order valence-corrected chi connectivity index (χ0v) is 11.3. The first kappa shape index (κ1) is 14.5. The van der Waals surface area contributed by atoms with Crippen LogP contribution in [0.4, 0.5) is 0 Å². The summed E-state index contributed by atoms with van der Waals surface area (Å²) in [6, 6.07) is 8.14. The smallest absolute Gasteiger partial charge is 0.221 e. The highest BCUT2D eigenvalue weighted by Crippen LogP contribution is 2.18. The molecule has 100 valence electrons. The molecule has 18 heavy (non-hydrogen) atoms. The predicted molar refractivity (Wildman–Crippen MR) is 72.7 cm³/mol. The molecule has 0 aliphatic carbocycles. The average Bonchev–Trinajstić information content (AvgIpc) is 2.39. The van der Waals surface area contributed by atoms with E-state index in [1.807, 2.05) is 31.2 Å². The molecule has 0 radical (unpaired) electrons. The molecule has 1 amide bonds. The first-order valence-electron chi connectivity index (χ1n) is 6.31. The van der Waals surface area contributed by atoms with Crippen molar-refractivity contribution >= 4 is 5.91 Å². The van der Waals surface area contributed by atoms with Crippen LogP contribution >= 0.6 is 0 Å². The van der Waals surface area contributed by atoms with Gasteiger partial charge in [-0.05, 0) is 31.5 Å². The molecule has 0 spiro atoms. The third-order valence-electron chi connectivity index (χ3n) is 2.77. The number of nitrogens with one attached hydrogen (secondary N) is 2. The highest BCUT2D eigenvalue weighted by molar-refractivity contribution is 5.75. The van der Waals surface area contributed by atoms with E-state index in [1.165, 1.54) is 0 Å². The second-order valence-corrected chi connectivity index (χ2v) is 4.16. The number of carbonyl (C=O) groups excluding carboxylic acids is 1. The lowest BCUT2D eigenvalue weighted by Gasteiger charge is -2.14. The summed E-state index contributed by atoms with van der Waals surface area (Å²) in [6.45, 7) is 5.35. The van der Waals surface area contributed by atoms with Crippen LogP contribution in [0.1, 0.15) is 31.9 Å². The van der Waals surface area contributed by atoms with E-state index < -0.39 is 0 Å². The maximum Gasteiger partial charge on any atom is 0.221 e. The molecule has 4 heteroatoms. The first-order chi connectivity index (χ1) is 8.67. The van der Waals surface area contributed by atoms with Gasteiger partial charge in [0.1, 0.15) is 5.75 Å². The fraction of sp³-hybridized carbons (Fsp3) is 0.500. The Morgan fingerprint density at radius 3 is 2.89 bits per heavy atom. The van der Waals surface area contributed by atoms with Gasteiger partial charge in [-0.2, -0.15) is 0 Å². The Balaban J connectivity index is 2.40. The first-order valence-corrected chi connectivity index (χ1v) is 6.31. The Morgan fingerprint density at radius 2 is 2.22 bits per heavy atom. The van der Waals surface area contributed by atoms with Crippen molar-refractivity contribution < 1.29 is 9.53 Å². The number of hydrogen-bond donors (Lipinski definition) is 2. The lowest BCUT2D eigenvalue weighted by molar-refractivity contribution is -0.120. The Kier molecular flexibility index (Phi) is 6.22. The van der Waals surface area contributed by atoms with E-state index in [2.05, 4.69) is 17.6 Å². The Hall–Kier alpha value is -1.55. The highest BCUT2D eigenvalue weighted by Gasteiger charge is 2.06. The minimum atomic E-state index is 0.0860. The molecule has 0 saturated carbocycles. The number of hydrogen-bond acceptors (Lipinski definition) is 3. The minimum absolute atomic E-state index is 0.0860. The summed E-state index contributed by atoms with van der Waals surface area (Å²) < 4.78 is 5.19. The monoisotopic (exact) mass is 250 g/mol. The lowest BCUT2D eigenvalue weighted by atomic mass is 10.1. The van der Waals surface area contributed by atoms with Crippen molar-refractivity contribution in [3.8, 4) is 5.75 Å². The van der Waals surface area contributed by atoms with Crippen LogP contribution in [0.3, 0.4) is 0 Å². The number of carbonyl (C=O) groups is 1. The van der Waals surface area contributed by atoms with Crippen LogP contribution in [0.15, 0.2) is 24.3 Å². The minimum Gasteiger partial charge on any atom is -0.497 e. The predicted octanol–water partition coefficient (Wildman–Crippen LogP) is 1.87. The van der Waals surface area contributed by atoms with E-state index in [1.54, 1.807) is 7.11 Å². The average molecular weight is 250 g/mol. The van der Waals surface area contributed by atoms with Gasteiger partial charge in [-0.15, -0.1) is 0 Å². The molecule has 0 saturated heterocycles. The third kappa shape index (κ3) is 4.75. The Bertz CT molecular complexity index is 380. The van der Waals surface area contributed by atoms with Gasteiger partial charge >= 0.3 is 0 Å². The number of ether oxygens (including phenoxy) is 1. The summed E-state index contributed by atoms with van der Waals surface area (Å²) >= 11 is 0. The highest BCUT2D eigenvalue weighted by atomic mass is 16.5. The van der Waals surface area contributed by atoms with Crippen LogP contribution in [0.5, 0.6) is 5.75 Å². The van der Waals surface area contributed by atoms with Crippen LogP contribution in [0.2, 0.25) is 0 Å². The van der Waals surface area contributed by atoms with Gasteiger partial charge in [0, 0.05) is 25.6 Å². The largest absolute Gasteiger partial charge is 0.497 e. The van der Waals surface area contributed by atoms with Crippen molar-refractivity contribution in [2.45, 2.75) is 26.3 Å². The van der Waals surface area contributed by atoms with Gasteiger partial charge in [0.15, 0.2) is 0 Å². The van der Waals surface area contributed by atoms with E-state index in [0.29, 0.717) is 19.5 Å². The second kappa shape index (κ2) is 7.71. The number of methoxy groups -OCH3 is 1. The maximum atomic E-state index is 11.3. The zero-order chi connectivity index (χ0) is 13.4. The van der Waals surface area contributed by atoms with Crippen LogP contribution in [-0.2, 0) is 4.79 Å². The quantitative estimate of drug-likeness (QED) is 0.776. The molecule has 0 heterocycles. The van der Waals surface area contributed by atoms with Gasteiger partial charge in [0.25, 0.3) is 0 Å². The molecule has 1 atom stereocenters.